The molecule has 84 valence electrons. The SMILES string of the molecule is CCN(CCO)C(=O)NCCCSC. The van der Waals surface area contributed by atoms with Gasteiger partial charge in [-0.3, -0.25) is 0 Å². The van der Waals surface area contributed by atoms with E-state index in [-0.39, 0.29) is 12.6 Å². The molecule has 14 heavy (non-hydrogen) atoms. The van der Waals surface area contributed by atoms with Gasteiger partial charge < -0.3 is 15.3 Å². The van der Waals surface area contributed by atoms with Crippen molar-refractivity contribution in [2.45, 2.75) is 13.3 Å². The van der Waals surface area contributed by atoms with Crippen LogP contribution >= 0.6 is 11.8 Å². The van der Waals surface area contributed by atoms with Crippen LogP contribution in [0.25, 0.3) is 0 Å². The van der Waals surface area contributed by atoms with E-state index in [0.29, 0.717) is 19.6 Å². The molecule has 0 aliphatic rings. The lowest BCUT2D eigenvalue weighted by molar-refractivity contribution is 0.180. The maximum Gasteiger partial charge on any atom is 0.317 e. The molecule has 0 aromatic carbocycles. The smallest absolute Gasteiger partial charge is 0.317 e. The molecular weight excluding hydrogens is 200 g/mol. The van der Waals surface area contributed by atoms with Gasteiger partial charge in [-0.15, -0.1) is 0 Å². The Morgan fingerprint density at radius 3 is 2.79 bits per heavy atom. The Morgan fingerprint density at radius 1 is 1.57 bits per heavy atom. The maximum absolute atomic E-state index is 11.4. The summed E-state index contributed by atoms with van der Waals surface area (Å²) in [4.78, 5) is 13.0. The van der Waals surface area contributed by atoms with Crippen molar-refractivity contribution in [3.05, 3.63) is 0 Å². The monoisotopic (exact) mass is 220 g/mol. The molecule has 0 aliphatic heterocycles. The fourth-order valence-corrected chi connectivity index (χ4v) is 1.48. The summed E-state index contributed by atoms with van der Waals surface area (Å²) >= 11 is 1.77. The summed E-state index contributed by atoms with van der Waals surface area (Å²) in [5, 5.41) is 11.5. The molecule has 0 bridgehead atoms. The lowest BCUT2D eigenvalue weighted by Crippen LogP contribution is -2.41. The number of amides is 2. The van der Waals surface area contributed by atoms with Gasteiger partial charge in [0.1, 0.15) is 0 Å². The summed E-state index contributed by atoms with van der Waals surface area (Å²) in [6, 6.07) is -0.0809. The topological polar surface area (TPSA) is 52.6 Å². The van der Waals surface area contributed by atoms with Gasteiger partial charge in [-0.25, -0.2) is 4.79 Å². The van der Waals surface area contributed by atoms with Gasteiger partial charge in [0, 0.05) is 19.6 Å². The number of carbonyl (C=O) groups excluding carboxylic acids is 1. The van der Waals surface area contributed by atoms with Gasteiger partial charge >= 0.3 is 6.03 Å². The number of hydrogen-bond acceptors (Lipinski definition) is 3. The molecular formula is C9H20N2O2S. The van der Waals surface area contributed by atoms with Crippen molar-refractivity contribution >= 4 is 17.8 Å². The van der Waals surface area contributed by atoms with E-state index >= 15 is 0 Å². The first-order chi connectivity index (χ1) is 6.76. The van der Waals surface area contributed by atoms with E-state index in [1.165, 1.54) is 0 Å². The number of aliphatic hydroxyl groups is 1. The van der Waals surface area contributed by atoms with Crippen LogP contribution in [0.1, 0.15) is 13.3 Å². The second kappa shape index (κ2) is 9.15. The first kappa shape index (κ1) is 13.6. The highest BCUT2D eigenvalue weighted by Crippen LogP contribution is 1.94. The largest absolute Gasteiger partial charge is 0.395 e. The molecule has 4 nitrogen and oxygen atoms in total. The standard InChI is InChI=1S/C9H20N2O2S/c1-3-11(6-7-12)9(13)10-5-4-8-14-2/h12H,3-8H2,1-2H3,(H,10,13). The summed E-state index contributed by atoms with van der Waals surface area (Å²) < 4.78 is 0. The van der Waals surface area contributed by atoms with Gasteiger partial charge in [-0.1, -0.05) is 0 Å². The van der Waals surface area contributed by atoms with Crippen LogP contribution in [0.15, 0.2) is 0 Å². The average Bonchev–Trinajstić information content (AvgIpc) is 2.20. The van der Waals surface area contributed by atoms with Crippen LogP contribution in [0.4, 0.5) is 4.79 Å². The van der Waals surface area contributed by atoms with Crippen LogP contribution in [0.5, 0.6) is 0 Å². The first-order valence-corrected chi connectivity index (χ1v) is 6.28. The van der Waals surface area contributed by atoms with Gasteiger partial charge in [0.15, 0.2) is 0 Å². The first-order valence-electron chi connectivity index (χ1n) is 4.88. The predicted molar refractivity (Wildman–Crippen MR) is 60.7 cm³/mol. The number of carbonyl (C=O) groups is 1. The Hall–Kier alpha value is -0.420. The molecule has 0 saturated carbocycles. The predicted octanol–water partition coefficient (Wildman–Crippen LogP) is 0.763. The van der Waals surface area contributed by atoms with E-state index in [4.69, 9.17) is 5.11 Å². The zero-order valence-corrected chi connectivity index (χ0v) is 9.77. The highest BCUT2D eigenvalue weighted by molar-refractivity contribution is 7.98. The summed E-state index contributed by atoms with van der Waals surface area (Å²) in [6.45, 7) is 3.67. The molecule has 0 aliphatic carbocycles. The fourth-order valence-electron chi connectivity index (χ4n) is 1.05. The Kier molecular flexibility index (Phi) is 8.87. The minimum absolute atomic E-state index is 0.0199. The molecule has 2 amide bonds. The number of hydrogen-bond donors (Lipinski definition) is 2. The van der Waals surface area contributed by atoms with E-state index in [2.05, 4.69) is 5.32 Å². The Bertz CT molecular complexity index is 156. The number of urea groups is 1. The van der Waals surface area contributed by atoms with Crippen LogP contribution in [-0.4, -0.2) is 54.3 Å². The molecule has 0 unspecified atom stereocenters. The van der Waals surface area contributed by atoms with Gasteiger partial charge in [-0.2, -0.15) is 11.8 Å². The third kappa shape index (κ3) is 6.10. The normalized spacial score (nSPS) is 9.93. The molecule has 5 heteroatoms. The van der Waals surface area contributed by atoms with Crippen molar-refractivity contribution in [1.29, 1.82) is 0 Å². The number of nitrogens with one attached hydrogen (secondary N) is 1. The number of rotatable bonds is 7. The number of likely N-dealkylation sites (N-methyl/N-ethyl adjacent to an activating group) is 1. The van der Waals surface area contributed by atoms with Crippen LogP contribution in [0.2, 0.25) is 0 Å². The lowest BCUT2D eigenvalue weighted by Gasteiger charge is -2.19. The van der Waals surface area contributed by atoms with Crippen molar-refractivity contribution in [3.63, 3.8) is 0 Å². The van der Waals surface area contributed by atoms with E-state index in [1.54, 1.807) is 16.7 Å². The van der Waals surface area contributed by atoms with Crippen LogP contribution in [0, 0.1) is 0 Å². The van der Waals surface area contributed by atoms with E-state index in [1.807, 2.05) is 13.2 Å². The van der Waals surface area contributed by atoms with Gasteiger partial charge in [0.2, 0.25) is 0 Å². The third-order valence-corrected chi connectivity index (χ3v) is 2.54. The Labute approximate surface area is 90.0 Å². The molecule has 0 radical (unpaired) electrons. The number of thioether (sulfide) groups is 1. The second-order valence-corrected chi connectivity index (χ2v) is 3.87. The van der Waals surface area contributed by atoms with E-state index < -0.39 is 0 Å². The summed E-state index contributed by atoms with van der Waals surface area (Å²) in [5.41, 5.74) is 0. The van der Waals surface area contributed by atoms with Crippen LogP contribution in [-0.2, 0) is 0 Å². The van der Waals surface area contributed by atoms with E-state index in [9.17, 15) is 4.79 Å². The Balaban J connectivity index is 3.58. The zero-order valence-electron chi connectivity index (χ0n) is 8.95. The van der Waals surface area contributed by atoms with Gasteiger partial charge in [-0.05, 0) is 25.4 Å². The molecule has 0 heterocycles. The van der Waals surface area contributed by atoms with Gasteiger partial charge in [0.25, 0.3) is 0 Å². The number of aliphatic hydroxyl groups excluding tert-OH is 1. The molecule has 0 atom stereocenters. The van der Waals surface area contributed by atoms with Crippen molar-refractivity contribution in [2.24, 2.45) is 0 Å². The van der Waals surface area contributed by atoms with Crippen LogP contribution < -0.4 is 5.32 Å². The third-order valence-electron chi connectivity index (χ3n) is 1.84. The Morgan fingerprint density at radius 2 is 2.29 bits per heavy atom. The highest BCUT2D eigenvalue weighted by Gasteiger charge is 2.08. The number of nitrogens with zero attached hydrogens (tertiary/aromatic N) is 1. The van der Waals surface area contributed by atoms with E-state index in [0.717, 1.165) is 12.2 Å². The molecule has 2 N–H and O–H groups in total. The lowest BCUT2D eigenvalue weighted by atomic mass is 10.4. The average molecular weight is 220 g/mol. The quantitative estimate of drug-likeness (QED) is 0.623. The van der Waals surface area contributed by atoms with Gasteiger partial charge in [0.05, 0.1) is 6.61 Å². The minimum atomic E-state index is -0.0809. The molecule has 0 rings (SSSR count). The van der Waals surface area contributed by atoms with Crippen molar-refractivity contribution in [1.82, 2.24) is 10.2 Å². The summed E-state index contributed by atoms with van der Waals surface area (Å²) in [6.07, 6.45) is 3.04. The molecule has 0 spiro atoms. The van der Waals surface area contributed by atoms with Crippen LogP contribution in [0.3, 0.4) is 0 Å². The fraction of sp³-hybridized carbons (Fsp3) is 0.889. The summed E-state index contributed by atoms with van der Waals surface area (Å²) in [7, 11) is 0. The second-order valence-electron chi connectivity index (χ2n) is 2.88. The highest BCUT2D eigenvalue weighted by atomic mass is 32.2. The van der Waals surface area contributed by atoms with Crippen molar-refractivity contribution in [3.8, 4) is 0 Å². The van der Waals surface area contributed by atoms with Crippen molar-refractivity contribution < 1.29 is 9.90 Å². The molecule has 0 saturated heterocycles. The maximum atomic E-state index is 11.4. The molecule has 0 aromatic rings. The minimum Gasteiger partial charge on any atom is -0.395 e. The molecule has 0 fully saturated rings. The zero-order chi connectivity index (χ0) is 10.8. The molecule has 0 aromatic heterocycles. The summed E-state index contributed by atoms with van der Waals surface area (Å²) in [5.74, 6) is 1.06. The van der Waals surface area contributed by atoms with Crippen molar-refractivity contribution in [2.75, 3.05) is 38.2 Å².